The number of β-amino-alcohol motifs (C(OH)–C–C–N with tert-alkyl or cyclic N) is 1. The van der Waals surface area contributed by atoms with E-state index in [1.165, 1.54) is 11.8 Å². The zero-order valence-electron chi connectivity index (χ0n) is 17.7. The number of nitrogens with one attached hydrogen (secondary N) is 1. The van der Waals surface area contributed by atoms with Crippen LogP contribution in [0.4, 0.5) is 0 Å². The van der Waals surface area contributed by atoms with E-state index in [1.54, 1.807) is 13.2 Å². The zero-order chi connectivity index (χ0) is 21.7. The van der Waals surface area contributed by atoms with Crippen molar-refractivity contribution in [3.8, 4) is 0 Å². The van der Waals surface area contributed by atoms with E-state index >= 15 is 0 Å². The second kappa shape index (κ2) is 13.0. The number of halogens is 2. The van der Waals surface area contributed by atoms with E-state index in [0.717, 1.165) is 19.4 Å². The van der Waals surface area contributed by atoms with Gasteiger partial charge in [0.15, 0.2) is 0 Å². The number of amides is 1. The number of likely N-dealkylation sites (tertiary alicyclic amines) is 1. The highest BCUT2D eigenvalue weighted by molar-refractivity contribution is 7.99. The summed E-state index contributed by atoms with van der Waals surface area (Å²) in [6.45, 7) is 4.95. The van der Waals surface area contributed by atoms with Crippen LogP contribution >= 0.6 is 35.8 Å². The minimum Gasteiger partial charge on any atom is -0.395 e. The highest BCUT2D eigenvalue weighted by Gasteiger charge is 2.48. The number of carbonyl (C=O) groups excluding carboxylic acids is 1. The second-order valence-electron chi connectivity index (χ2n) is 8.01. The van der Waals surface area contributed by atoms with Crippen LogP contribution in [0, 0.1) is 5.92 Å². The molecule has 2 fully saturated rings. The molecule has 9 unspecified atom stereocenters. The summed E-state index contributed by atoms with van der Waals surface area (Å²) >= 11 is 7.55. The molecule has 2 rings (SSSR count). The minimum atomic E-state index is -1.40. The molecular weight excluding hydrogens is 455 g/mol. The number of thioether (sulfide) groups is 1. The molecule has 0 bridgehead atoms. The van der Waals surface area contributed by atoms with Crippen LogP contribution in [0.1, 0.15) is 33.1 Å². The summed E-state index contributed by atoms with van der Waals surface area (Å²) in [6, 6.07) is -1.14. The topological polar surface area (TPSA) is 122 Å². The van der Waals surface area contributed by atoms with Crippen LogP contribution in [0.25, 0.3) is 0 Å². The first kappa shape index (κ1) is 28.2. The average Bonchev–Trinajstić information content (AvgIpc) is 3.08. The lowest BCUT2D eigenvalue weighted by molar-refractivity contribution is -0.205. The van der Waals surface area contributed by atoms with Gasteiger partial charge in [0, 0.05) is 13.1 Å². The predicted molar refractivity (Wildman–Crippen MR) is 120 cm³/mol. The summed E-state index contributed by atoms with van der Waals surface area (Å²) in [5, 5.41) is 42.4. The van der Waals surface area contributed by atoms with Crippen molar-refractivity contribution in [3.05, 3.63) is 0 Å². The van der Waals surface area contributed by atoms with Crippen LogP contribution in [-0.2, 0) is 9.53 Å². The largest absolute Gasteiger partial charge is 0.395 e. The molecule has 1 amide bonds. The second-order valence-corrected chi connectivity index (χ2v) is 9.64. The number of alkyl halides is 1. The number of aliphatic hydroxyl groups is 4. The first-order valence-electron chi connectivity index (χ1n) is 10.3. The molecule has 178 valence electrons. The summed E-state index contributed by atoms with van der Waals surface area (Å²) in [5.41, 5.74) is -0.737. The summed E-state index contributed by atoms with van der Waals surface area (Å²) < 4.78 is 5.80. The van der Waals surface area contributed by atoms with Crippen LogP contribution < -0.4 is 5.32 Å². The van der Waals surface area contributed by atoms with E-state index in [0.29, 0.717) is 18.9 Å². The van der Waals surface area contributed by atoms with E-state index in [-0.39, 0.29) is 31.0 Å². The number of ether oxygens (including phenoxy) is 1. The lowest BCUT2D eigenvalue weighted by atomic mass is 9.92. The Balaban J connectivity index is 0.00000450. The fraction of sp³-hybridized carbons (Fsp3) is 0.947. The van der Waals surface area contributed by atoms with Gasteiger partial charge in [0.1, 0.15) is 29.9 Å². The van der Waals surface area contributed by atoms with Gasteiger partial charge >= 0.3 is 0 Å². The maximum Gasteiger partial charge on any atom is 0.237 e. The Hall–Kier alpha value is 0.160. The Morgan fingerprint density at radius 3 is 2.50 bits per heavy atom. The Morgan fingerprint density at radius 1 is 1.30 bits per heavy atom. The van der Waals surface area contributed by atoms with Gasteiger partial charge in [0.25, 0.3) is 0 Å². The third kappa shape index (κ3) is 6.59. The van der Waals surface area contributed by atoms with Crippen molar-refractivity contribution in [2.45, 2.75) is 80.4 Å². The average molecular weight is 491 g/mol. The van der Waals surface area contributed by atoms with E-state index in [4.69, 9.17) is 16.3 Å². The van der Waals surface area contributed by atoms with Crippen molar-refractivity contribution < 1.29 is 30.0 Å². The highest BCUT2D eigenvalue weighted by Crippen LogP contribution is 2.31. The van der Waals surface area contributed by atoms with Gasteiger partial charge in [-0.05, 0) is 31.9 Å². The van der Waals surface area contributed by atoms with E-state index < -0.39 is 41.3 Å². The van der Waals surface area contributed by atoms with Crippen molar-refractivity contribution >= 4 is 41.7 Å². The van der Waals surface area contributed by atoms with E-state index in [9.17, 15) is 25.2 Å². The molecule has 0 saturated carbocycles. The van der Waals surface area contributed by atoms with Crippen molar-refractivity contribution in [2.75, 3.05) is 26.0 Å². The fourth-order valence-corrected chi connectivity index (χ4v) is 5.23. The molecule has 30 heavy (non-hydrogen) atoms. The molecular formula is C19H36Cl2N2O6S. The van der Waals surface area contributed by atoms with Gasteiger partial charge in [-0.2, -0.15) is 0 Å². The van der Waals surface area contributed by atoms with Crippen molar-refractivity contribution in [2.24, 2.45) is 5.92 Å². The Kier molecular flexibility index (Phi) is 12.2. The van der Waals surface area contributed by atoms with Crippen molar-refractivity contribution in [1.82, 2.24) is 10.2 Å². The number of hydrogen-bond acceptors (Lipinski definition) is 8. The van der Waals surface area contributed by atoms with Gasteiger partial charge in [0.05, 0.1) is 24.1 Å². The summed E-state index contributed by atoms with van der Waals surface area (Å²) in [4.78, 5) is 15.1. The molecule has 2 aliphatic rings. The predicted octanol–water partition coefficient (Wildman–Crippen LogP) is 0.174. The van der Waals surface area contributed by atoms with Gasteiger partial charge in [-0.1, -0.05) is 13.3 Å². The standard InChI is InChI=1S/C19H35ClN2O6S.ClH/c1-4-5-11-8-12(22(9-11)6-7-23)18(27)21-13(10(2)20)17-15(25)14(24)16(26)19(28-17)29-3;/h10-17,19,23-26H,4-9H2,1-3H3,(H,21,27);1H. The number of rotatable bonds is 9. The monoisotopic (exact) mass is 490 g/mol. The van der Waals surface area contributed by atoms with Gasteiger partial charge in [0.2, 0.25) is 5.91 Å². The number of carbonyl (C=O) groups is 1. The Bertz CT molecular complexity index is 533. The molecule has 9 atom stereocenters. The first-order chi connectivity index (χ1) is 13.7. The molecule has 2 saturated heterocycles. The summed E-state index contributed by atoms with van der Waals surface area (Å²) in [5.74, 6) is 0.162. The lowest BCUT2D eigenvalue weighted by Gasteiger charge is -2.44. The molecule has 0 radical (unpaired) electrons. The third-order valence-electron chi connectivity index (χ3n) is 5.87. The zero-order valence-corrected chi connectivity index (χ0v) is 20.1. The van der Waals surface area contributed by atoms with Gasteiger partial charge < -0.3 is 30.5 Å². The normalized spacial score (nSPS) is 36.7. The molecule has 11 heteroatoms. The molecule has 8 nitrogen and oxygen atoms in total. The molecule has 0 spiro atoms. The first-order valence-corrected chi connectivity index (χ1v) is 12.0. The van der Waals surface area contributed by atoms with Crippen LogP contribution in [0.2, 0.25) is 0 Å². The Labute approximate surface area is 194 Å². The molecule has 5 N–H and O–H groups in total. The molecule has 2 heterocycles. The van der Waals surface area contributed by atoms with Crippen molar-refractivity contribution in [1.29, 1.82) is 0 Å². The van der Waals surface area contributed by atoms with E-state index in [2.05, 4.69) is 12.2 Å². The van der Waals surface area contributed by atoms with Gasteiger partial charge in [-0.25, -0.2) is 0 Å². The summed E-state index contributed by atoms with van der Waals surface area (Å²) in [6.07, 6.45) is -0.490. The van der Waals surface area contributed by atoms with Gasteiger partial charge in [-0.3, -0.25) is 9.69 Å². The van der Waals surface area contributed by atoms with Crippen LogP contribution in [-0.4, -0.2) is 104 Å². The molecule has 0 aromatic carbocycles. The smallest absolute Gasteiger partial charge is 0.237 e. The highest BCUT2D eigenvalue weighted by atomic mass is 35.5. The Morgan fingerprint density at radius 2 is 1.97 bits per heavy atom. The number of aliphatic hydroxyl groups excluding tert-OH is 4. The van der Waals surface area contributed by atoms with Gasteiger partial charge in [-0.15, -0.1) is 35.8 Å². The quantitative estimate of drug-likeness (QED) is 0.290. The maximum absolute atomic E-state index is 13.1. The minimum absolute atomic E-state index is 0. The maximum atomic E-state index is 13.1. The molecule has 2 aliphatic heterocycles. The number of hydrogen-bond donors (Lipinski definition) is 5. The SMILES string of the molecule is CCCC1CC(C(=O)NC(C(C)Cl)C2OC(SC)C(O)C(O)C2O)N(CCO)C1.Cl. The van der Waals surface area contributed by atoms with Crippen LogP contribution in [0.5, 0.6) is 0 Å². The summed E-state index contributed by atoms with van der Waals surface area (Å²) in [7, 11) is 0. The van der Waals surface area contributed by atoms with E-state index in [1.807, 2.05) is 4.90 Å². The third-order valence-corrected chi connectivity index (χ3v) is 7.00. The molecule has 0 aromatic rings. The lowest BCUT2D eigenvalue weighted by Crippen LogP contribution is -2.65. The molecule has 0 aliphatic carbocycles. The van der Waals surface area contributed by atoms with Crippen LogP contribution in [0.3, 0.4) is 0 Å². The van der Waals surface area contributed by atoms with Crippen molar-refractivity contribution in [3.63, 3.8) is 0 Å². The molecule has 0 aromatic heterocycles. The number of nitrogens with zero attached hydrogens (tertiary/aromatic N) is 1. The van der Waals surface area contributed by atoms with Crippen LogP contribution in [0.15, 0.2) is 0 Å². The fourth-order valence-electron chi connectivity index (χ4n) is 4.35.